The summed E-state index contributed by atoms with van der Waals surface area (Å²) in [6.07, 6.45) is 0.323. The van der Waals surface area contributed by atoms with Crippen LogP contribution in [0, 0.1) is 0 Å². The topological polar surface area (TPSA) is 125 Å². The van der Waals surface area contributed by atoms with Crippen LogP contribution in [-0.2, 0) is 24.8 Å². The number of rotatable bonds is 7. The number of carbonyl (C=O) groups excluding carboxylic acids is 1. The SMILES string of the molecule is CCS(=O)(=O)Nc1cc(N2CCCN(C(=O)OC(C)(C)C)CC2)ccc1NS(=O)(=O)c1ccccc1. The number of amides is 1. The minimum Gasteiger partial charge on any atom is -0.444 e. The van der Waals surface area contributed by atoms with E-state index < -0.39 is 25.6 Å². The van der Waals surface area contributed by atoms with E-state index in [9.17, 15) is 21.6 Å². The van der Waals surface area contributed by atoms with Crippen LogP contribution in [0.5, 0.6) is 0 Å². The molecule has 0 aromatic heterocycles. The van der Waals surface area contributed by atoms with Gasteiger partial charge in [-0.1, -0.05) is 18.2 Å². The standard InChI is InChI=1S/C24H34N4O6S2/c1-5-35(30,31)25-22-18-19(12-13-21(22)26-36(32,33)20-10-7-6-8-11-20)27-14-9-15-28(17-16-27)23(29)34-24(2,3)4/h6-8,10-13,18,25-26H,5,9,14-17H2,1-4H3. The van der Waals surface area contributed by atoms with Crippen molar-refractivity contribution in [3.05, 3.63) is 48.5 Å². The fraction of sp³-hybridized carbons (Fsp3) is 0.458. The Morgan fingerprint density at radius 2 is 1.61 bits per heavy atom. The van der Waals surface area contributed by atoms with Crippen LogP contribution in [-0.4, -0.2) is 65.4 Å². The third-order valence-corrected chi connectivity index (χ3v) is 8.13. The highest BCUT2D eigenvalue weighted by Crippen LogP contribution is 2.31. The van der Waals surface area contributed by atoms with E-state index in [0.29, 0.717) is 38.3 Å². The summed E-state index contributed by atoms with van der Waals surface area (Å²) in [5, 5.41) is 0. The van der Waals surface area contributed by atoms with Gasteiger partial charge in [-0.3, -0.25) is 9.44 Å². The van der Waals surface area contributed by atoms with Crippen LogP contribution in [0.2, 0.25) is 0 Å². The number of hydrogen-bond donors (Lipinski definition) is 2. The van der Waals surface area contributed by atoms with Crippen LogP contribution < -0.4 is 14.3 Å². The number of nitrogens with one attached hydrogen (secondary N) is 2. The molecule has 2 aromatic rings. The average Bonchev–Trinajstić information content (AvgIpc) is 3.06. The molecule has 2 N–H and O–H groups in total. The van der Waals surface area contributed by atoms with Crippen molar-refractivity contribution in [2.75, 3.05) is 46.3 Å². The molecular weight excluding hydrogens is 504 g/mol. The van der Waals surface area contributed by atoms with E-state index in [4.69, 9.17) is 4.74 Å². The van der Waals surface area contributed by atoms with E-state index >= 15 is 0 Å². The Labute approximate surface area is 213 Å². The highest BCUT2D eigenvalue weighted by molar-refractivity contribution is 7.93. The summed E-state index contributed by atoms with van der Waals surface area (Å²) in [5.41, 5.74) is 0.363. The molecule has 1 heterocycles. The molecule has 0 bridgehead atoms. The van der Waals surface area contributed by atoms with Crippen LogP contribution in [0.4, 0.5) is 21.9 Å². The van der Waals surface area contributed by atoms with E-state index in [-0.39, 0.29) is 28.1 Å². The van der Waals surface area contributed by atoms with Crippen LogP contribution >= 0.6 is 0 Å². The molecule has 2 aromatic carbocycles. The maximum atomic E-state index is 12.9. The summed E-state index contributed by atoms with van der Waals surface area (Å²) in [6, 6.07) is 12.7. The van der Waals surface area contributed by atoms with Crippen LogP contribution in [0.25, 0.3) is 0 Å². The molecule has 3 rings (SSSR count). The van der Waals surface area contributed by atoms with Crippen LogP contribution in [0.15, 0.2) is 53.4 Å². The third-order valence-electron chi connectivity index (χ3n) is 5.46. The fourth-order valence-electron chi connectivity index (χ4n) is 3.63. The zero-order chi connectivity index (χ0) is 26.6. The minimum atomic E-state index is -3.93. The summed E-state index contributed by atoms with van der Waals surface area (Å²) in [6.45, 7) is 9.08. The summed E-state index contributed by atoms with van der Waals surface area (Å²) >= 11 is 0. The van der Waals surface area contributed by atoms with Gasteiger partial charge in [0.1, 0.15) is 5.60 Å². The summed E-state index contributed by atoms with van der Waals surface area (Å²) in [4.78, 5) is 16.2. The third kappa shape index (κ3) is 7.50. The monoisotopic (exact) mass is 538 g/mol. The maximum absolute atomic E-state index is 12.9. The van der Waals surface area contributed by atoms with Gasteiger partial charge in [-0.05, 0) is 64.4 Å². The first-order valence-electron chi connectivity index (χ1n) is 11.7. The largest absolute Gasteiger partial charge is 0.444 e. The van der Waals surface area contributed by atoms with Gasteiger partial charge in [0.25, 0.3) is 10.0 Å². The van der Waals surface area contributed by atoms with Gasteiger partial charge in [0, 0.05) is 31.9 Å². The Bertz CT molecular complexity index is 1280. The molecule has 0 saturated carbocycles. The summed E-state index contributed by atoms with van der Waals surface area (Å²) in [7, 11) is -7.61. The molecule has 1 amide bonds. The van der Waals surface area contributed by atoms with Gasteiger partial charge in [-0.25, -0.2) is 21.6 Å². The number of anilines is 3. The molecule has 1 aliphatic rings. The van der Waals surface area contributed by atoms with E-state index in [0.717, 1.165) is 0 Å². The van der Waals surface area contributed by atoms with Crippen molar-refractivity contribution in [2.24, 2.45) is 0 Å². The molecule has 0 radical (unpaired) electrons. The van der Waals surface area contributed by atoms with E-state index in [1.165, 1.54) is 19.1 Å². The molecule has 10 nitrogen and oxygen atoms in total. The Kier molecular flexibility index (Phi) is 8.40. The summed E-state index contributed by atoms with van der Waals surface area (Å²) in [5.74, 6) is -0.170. The van der Waals surface area contributed by atoms with Crippen molar-refractivity contribution in [2.45, 2.75) is 44.6 Å². The van der Waals surface area contributed by atoms with Crippen molar-refractivity contribution in [1.29, 1.82) is 0 Å². The zero-order valence-corrected chi connectivity index (χ0v) is 22.7. The number of hydrogen-bond acceptors (Lipinski definition) is 7. The highest BCUT2D eigenvalue weighted by Gasteiger charge is 2.25. The van der Waals surface area contributed by atoms with E-state index in [1.54, 1.807) is 41.3 Å². The lowest BCUT2D eigenvalue weighted by atomic mass is 10.2. The number of ether oxygens (including phenoxy) is 1. The lowest BCUT2D eigenvalue weighted by Gasteiger charge is -2.27. The molecule has 0 spiro atoms. The first-order valence-corrected chi connectivity index (χ1v) is 14.9. The van der Waals surface area contributed by atoms with Gasteiger partial charge in [0.15, 0.2) is 0 Å². The normalized spacial score (nSPS) is 15.2. The summed E-state index contributed by atoms with van der Waals surface area (Å²) < 4.78 is 61.0. The second-order valence-corrected chi connectivity index (χ2v) is 13.2. The number of carbonyl (C=O) groups is 1. The van der Waals surface area contributed by atoms with Gasteiger partial charge in [0.05, 0.1) is 22.0 Å². The maximum Gasteiger partial charge on any atom is 0.410 e. The predicted molar refractivity (Wildman–Crippen MR) is 141 cm³/mol. The van der Waals surface area contributed by atoms with Crippen LogP contribution in [0.1, 0.15) is 34.1 Å². The average molecular weight is 539 g/mol. The molecule has 0 unspecified atom stereocenters. The van der Waals surface area contributed by atoms with E-state index in [2.05, 4.69) is 9.44 Å². The molecule has 36 heavy (non-hydrogen) atoms. The molecule has 1 aliphatic heterocycles. The Hall–Kier alpha value is -2.99. The van der Waals surface area contributed by atoms with Crippen LogP contribution in [0.3, 0.4) is 0 Å². The van der Waals surface area contributed by atoms with Gasteiger partial charge in [-0.15, -0.1) is 0 Å². The molecular formula is C24H34N4O6S2. The van der Waals surface area contributed by atoms with Gasteiger partial charge in [0.2, 0.25) is 10.0 Å². The Balaban J connectivity index is 1.86. The van der Waals surface area contributed by atoms with Gasteiger partial charge in [-0.2, -0.15) is 0 Å². The molecule has 12 heteroatoms. The fourth-order valence-corrected chi connectivity index (χ4v) is 5.38. The zero-order valence-electron chi connectivity index (χ0n) is 21.0. The molecule has 0 atom stereocenters. The highest BCUT2D eigenvalue weighted by atomic mass is 32.2. The van der Waals surface area contributed by atoms with Crippen molar-refractivity contribution < 1.29 is 26.4 Å². The van der Waals surface area contributed by atoms with Crippen molar-refractivity contribution in [3.63, 3.8) is 0 Å². The van der Waals surface area contributed by atoms with Crippen molar-refractivity contribution >= 4 is 43.2 Å². The smallest absolute Gasteiger partial charge is 0.410 e. The minimum absolute atomic E-state index is 0.0631. The molecule has 0 aliphatic carbocycles. The first kappa shape index (κ1) is 27.6. The van der Waals surface area contributed by atoms with Gasteiger partial charge < -0.3 is 14.5 Å². The Morgan fingerprint density at radius 3 is 2.25 bits per heavy atom. The van der Waals surface area contributed by atoms with E-state index in [1.807, 2.05) is 25.7 Å². The Morgan fingerprint density at radius 1 is 0.917 bits per heavy atom. The van der Waals surface area contributed by atoms with Crippen molar-refractivity contribution in [1.82, 2.24) is 4.90 Å². The van der Waals surface area contributed by atoms with Gasteiger partial charge >= 0.3 is 6.09 Å². The second kappa shape index (κ2) is 11.0. The number of nitrogens with zero attached hydrogens (tertiary/aromatic N) is 2. The second-order valence-electron chi connectivity index (χ2n) is 9.46. The quantitative estimate of drug-likeness (QED) is 0.551. The number of benzene rings is 2. The lowest BCUT2D eigenvalue weighted by Crippen LogP contribution is -2.39. The first-order chi connectivity index (χ1) is 16.8. The number of sulfonamides is 2. The van der Waals surface area contributed by atoms with Crippen molar-refractivity contribution in [3.8, 4) is 0 Å². The molecule has 1 saturated heterocycles. The molecule has 198 valence electrons. The predicted octanol–water partition coefficient (Wildman–Crippen LogP) is 3.70. The molecule has 1 fully saturated rings. The lowest BCUT2D eigenvalue weighted by molar-refractivity contribution is 0.0263.